The molecular formula is C23H29ClN2O4. The number of nitrogens with one attached hydrogen (secondary N) is 1. The highest BCUT2D eigenvalue weighted by molar-refractivity contribution is 5.85. The molecule has 0 aliphatic carbocycles. The molecule has 1 fully saturated rings. The Morgan fingerprint density at radius 2 is 1.93 bits per heavy atom. The molecule has 0 spiro atoms. The van der Waals surface area contributed by atoms with Gasteiger partial charge in [-0.25, -0.2) is 0 Å². The van der Waals surface area contributed by atoms with E-state index in [1.807, 2.05) is 53.4 Å². The van der Waals surface area contributed by atoms with Gasteiger partial charge < -0.3 is 24.4 Å². The first kappa shape index (κ1) is 23.6. The van der Waals surface area contributed by atoms with Crippen LogP contribution in [0.5, 0.6) is 17.2 Å². The van der Waals surface area contributed by atoms with Crippen LogP contribution in [0.4, 0.5) is 0 Å². The van der Waals surface area contributed by atoms with Crippen molar-refractivity contribution in [1.82, 2.24) is 10.2 Å². The van der Waals surface area contributed by atoms with Crippen molar-refractivity contribution in [2.45, 2.75) is 12.5 Å². The summed E-state index contributed by atoms with van der Waals surface area (Å²) < 4.78 is 16.7. The van der Waals surface area contributed by atoms with Crippen LogP contribution >= 0.6 is 12.4 Å². The second-order valence-electron chi connectivity index (χ2n) is 6.82. The average Bonchev–Trinajstić information content (AvgIpc) is 2.78. The summed E-state index contributed by atoms with van der Waals surface area (Å²) in [6, 6.07) is 13.4. The first-order chi connectivity index (χ1) is 14.2. The van der Waals surface area contributed by atoms with Crippen LogP contribution in [0.3, 0.4) is 0 Å². The third kappa shape index (κ3) is 5.46. The third-order valence-electron chi connectivity index (χ3n) is 5.02. The van der Waals surface area contributed by atoms with E-state index in [1.165, 1.54) is 0 Å². The predicted octanol–water partition coefficient (Wildman–Crippen LogP) is 3.41. The van der Waals surface area contributed by atoms with Crippen molar-refractivity contribution < 1.29 is 19.0 Å². The van der Waals surface area contributed by atoms with E-state index < -0.39 is 0 Å². The molecule has 3 rings (SSSR count). The van der Waals surface area contributed by atoms with Gasteiger partial charge in [-0.1, -0.05) is 30.3 Å². The van der Waals surface area contributed by atoms with Gasteiger partial charge in [-0.3, -0.25) is 4.79 Å². The number of nitrogens with zero attached hydrogens (tertiary/aromatic N) is 1. The molecule has 1 aliphatic heterocycles. The van der Waals surface area contributed by atoms with E-state index in [9.17, 15) is 4.79 Å². The number of carbonyl (C=O) groups is 1. The lowest BCUT2D eigenvalue weighted by Gasteiger charge is -2.37. The Kier molecular flexibility index (Phi) is 9.02. The molecule has 30 heavy (non-hydrogen) atoms. The number of carbonyl (C=O) groups excluding carboxylic acids is 1. The molecule has 1 heterocycles. The lowest BCUT2D eigenvalue weighted by atomic mass is 10.0. The van der Waals surface area contributed by atoms with Crippen LogP contribution in [0.15, 0.2) is 55.1 Å². The molecule has 1 aliphatic rings. The molecule has 0 bridgehead atoms. The van der Waals surface area contributed by atoms with Crippen LogP contribution in [-0.2, 0) is 11.2 Å². The summed E-state index contributed by atoms with van der Waals surface area (Å²) in [5.74, 6) is 1.87. The topological polar surface area (TPSA) is 60.0 Å². The summed E-state index contributed by atoms with van der Waals surface area (Å²) in [5.41, 5.74) is 2.07. The van der Waals surface area contributed by atoms with Gasteiger partial charge in [0.25, 0.3) is 5.91 Å². The van der Waals surface area contributed by atoms with Crippen LogP contribution in [0, 0.1) is 0 Å². The first-order valence-corrected chi connectivity index (χ1v) is 9.71. The van der Waals surface area contributed by atoms with Gasteiger partial charge >= 0.3 is 0 Å². The maximum Gasteiger partial charge on any atom is 0.261 e. The lowest BCUT2D eigenvalue weighted by Crippen LogP contribution is -2.50. The fraction of sp³-hybridized carbons (Fsp3) is 0.348. The van der Waals surface area contributed by atoms with Crippen molar-refractivity contribution in [2.24, 2.45) is 0 Å². The maximum absolute atomic E-state index is 13.0. The van der Waals surface area contributed by atoms with Crippen LogP contribution < -0.4 is 19.5 Å². The summed E-state index contributed by atoms with van der Waals surface area (Å²) in [6.45, 7) is 5.73. The molecule has 1 unspecified atom stereocenters. The molecule has 1 amide bonds. The van der Waals surface area contributed by atoms with Gasteiger partial charge in [-0.2, -0.15) is 0 Å². The van der Waals surface area contributed by atoms with E-state index in [-0.39, 0.29) is 31.0 Å². The quantitative estimate of drug-likeness (QED) is 0.648. The number of para-hydroxylation sites is 1. The minimum atomic E-state index is -0.104. The van der Waals surface area contributed by atoms with E-state index in [1.54, 1.807) is 14.2 Å². The fourth-order valence-corrected chi connectivity index (χ4v) is 3.57. The standard InChI is InChI=1S/C23H28N2O4.ClH/c1-4-7-17-10-11-21(22(14-17)28-3)29-16-23(26)25-13-12-24-15-19(25)18-8-5-6-9-20(18)27-2;/h4-6,8-11,14,19,24H,1,7,12-13,15-16H2,2-3H3;1H. The smallest absolute Gasteiger partial charge is 0.261 e. The highest BCUT2D eigenvalue weighted by atomic mass is 35.5. The number of rotatable bonds is 8. The molecule has 0 radical (unpaired) electrons. The maximum atomic E-state index is 13.0. The van der Waals surface area contributed by atoms with Gasteiger partial charge in [0, 0.05) is 25.2 Å². The van der Waals surface area contributed by atoms with Gasteiger partial charge in [-0.15, -0.1) is 19.0 Å². The summed E-state index contributed by atoms with van der Waals surface area (Å²) in [4.78, 5) is 14.9. The minimum absolute atomic E-state index is 0. The van der Waals surface area contributed by atoms with Gasteiger partial charge in [-0.05, 0) is 30.2 Å². The Labute approximate surface area is 184 Å². The molecule has 162 valence electrons. The zero-order valence-corrected chi connectivity index (χ0v) is 18.2. The van der Waals surface area contributed by atoms with Crippen LogP contribution in [-0.4, -0.2) is 51.3 Å². The average molecular weight is 433 g/mol. The zero-order valence-electron chi connectivity index (χ0n) is 17.4. The molecule has 2 aromatic carbocycles. The van der Waals surface area contributed by atoms with Crippen LogP contribution in [0.25, 0.3) is 0 Å². The molecule has 7 heteroatoms. The lowest BCUT2D eigenvalue weighted by molar-refractivity contribution is -0.136. The zero-order chi connectivity index (χ0) is 20.6. The summed E-state index contributed by atoms with van der Waals surface area (Å²) in [5, 5.41) is 3.36. The number of hydrogen-bond donors (Lipinski definition) is 1. The van der Waals surface area contributed by atoms with Crippen molar-refractivity contribution in [3.05, 3.63) is 66.2 Å². The van der Waals surface area contributed by atoms with E-state index in [4.69, 9.17) is 14.2 Å². The molecule has 1 saturated heterocycles. The molecule has 1 N–H and O–H groups in total. The predicted molar refractivity (Wildman–Crippen MR) is 120 cm³/mol. The number of piperazine rings is 1. The van der Waals surface area contributed by atoms with Crippen molar-refractivity contribution in [2.75, 3.05) is 40.5 Å². The number of allylic oxidation sites excluding steroid dienone is 1. The Morgan fingerprint density at radius 3 is 2.67 bits per heavy atom. The van der Waals surface area contributed by atoms with Gasteiger partial charge in [0.05, 0.1) is 20.3 Å². The van der Waals surface area contributed by atoms with E-state index in [0.29, 0.717) is 24.6 Å². The highest BCUT2D eigenvalue weighted by Gasteiger charge is 2.30. The molecule has 0 aromatic heterocycles. The molecule has 6 nitrogen and oxygen atoms in total. The van der Waals surface area contributed by atoms with Crippen molar-refractivity contribution in [1.29, 1.82) is 0 Å². The van der Waals surface area contributed by atoms with Crippen LogP contribution in [0.1, 0.15) is 17.2 Å². The molecule has 0 saturated carbocycles. The van der Waals surface area contributed by atoms with Crippen LogP contribution in [0.2, 0.25) is 0 Å². The van der Waals surface area contributed by atoms with E-state index in [0.717, 1.165) is 29.8 Å². The van der Waals surface area contributed by atoms with Crippen molar-refractivity contribution in [3.8, 4) is 17.2 Å². The fourth-order valence-electron chi connectivity index (χ4n) is 3.57. The highest BCUT2D eigenvalue weighted by Crippen LogP contribution is 2.31. The van der Waals surface area contributed by atoms with Gasteiger partial charge in [0.15, 0.2) is 18.1 Å². The minimum Gasteiger partial charge on any atom is -0.496 e. The number of amides is 1. The Hall–Kier alpha value is -2.70. The summed E-state index contributed by atoms with van der Waals surface area (Å²) in [7, 11) is 3.24. The Morgan fingerprint density at radius 1 is 1.17 bits per heavy atom. The second-order valence-corrected chi connectivity index (χ2v) is 6.82. The molecule has 2 aromatic rings. The summed E-state index contributed by atoms with van der Waals surface area (Å²) >= 11 is 0. The van der Waals surface area contributed by atoms with Crippen molar-refractivity contribution >= 4 is 18.3 Å². The largest absolute Gasteiger partial charge is 0.496 e. The second kappa shape index (κ2) is 11.5. The van der Waals surface area contributed by atoms with E-state index in [2.05, 4.69) is 11.9 Å². The number of ether oxygens (including phenoxy) is 3. The Balaban J connectivity index is 0.00000320. The van der Waals surface area contributed by atoms with E-state index >= 15 is 0 Å². The normalized spacial score (nSPS) is 15.7. The Bertz CT molecular complexity index is 859. The van der Waals surface area contributed by atoms with Gasteiger partial charge in [0.2, 0.25) is 0 Å². The third-order valence-corrected chi connectivity index (χ3v) is 5.02. The number of halogens is 1. The first-order valence-electron chi connectivity index (χ1n) is 9.71. The molecular weight excluding hydrogens is 404 g/mol. The van der Waals surface area contributed by atoms with Crippen molar-refractivity contribution in [3.63, 3.8) is 0 Å². The monoisotopic (exact) mass is 432 g/mol. The number of benzene rings is 2. The SMILES string of the molecule is C=CCc1ccc(OCC(=O)N2CCNCC2c2ccccc2OC)c(OC)c1.Cl. The number of hydrogen-bond acceptors (Lipinski definition) is 5. The van der Waals surface area contributed by atoms with Gasteiger partial charge in [0.1, 0.15) is 5.75 Å². The molecule has 1 atom stereocenters. The number of methoxy groups -OCH3 is 2. The summed E-state index contributed by atoms with van der Waals surface area (Å²) in [6.07, 6.45) is 2.58.